The van der Waals surface area contributed by atoms with Gasteiger partial charge >= 0.3 is 0 Å². The SMILES string of the molecule is Cc1ccc(Cl)c(NC(=O)c2cc(Br)c(Br)s2)c1. The summed E-state index contributed by atoms with van der Waals surface area (Å²) < 4.78 is 1.76. The number of hydrogen-bond donors (Lipinski definition) is 1. The summed E-state index contributed by atoms with van der Waals surface area (Å²) in [7, 11) is 0. The van der Waals surface area contributed by atoms with E-state index in [0.717, 1.165) is 13.8 Å². The Hall–Kier alpha value is -0.360. The largest absolute Gasteiger partial charge is 0.320 e. The Balaban J connectivity index is 2.23. The maximum absolute atomic E-state index is 12.0. The molecule has 0 aliphatic rings. The summed E-state index contributed by atoms with van der Waals surface area (Å²) in [6.07, 6.45) is 0. The number of anilines is 1. The van der Waals surface area contributed by atoms with Gasteiger partial charge in [-0.2, -0.15) is 0 Å². The molecule has 1 aromatic carbocycles. The fourth-order valence-electron chi connectivity index (χ4n) is 1.38. The van der Waals surface area contributed by atoms with Crippen LogP contribution < -0.4 is 5.32 Å². The molecule has 1 amide bonds. The van der Waals surface area contributed by atoms with E-state index in [1.54, 1.807) is 12.1 Å². The number of aryl methyl sites for hydroxylation is 1. The summed E-state index contributed by atoms with van der Waals surface area (Å²) in [4.78, 5) is 12.7. The number of amides is 1. The molecule has 0 aliphatic heterocycles. The van der Waals surface area contributed by atoms with Gasteiger partial charge in [0.25, 0.3) is 5.91 Å². The van der Waals surface area contributed by atoms with Crippen molar-refractivity contribution < 1.29 is 4.79 Å². The molecule has 2 rings (SSSR count). The molecular formula is C12H8Br2ClNOS. The number of carbonyl (C=O) groups excluding carboxylic acids is 1. The van der Waals surface area contributed by atoms with Crippen LogP contribution in [0, 0.1) is 6.92 Å². The summed E-state index contributed by atoms with van der Waals surface area (Å²) in [5.41, 5.74) is 1.67. The van der Waals surface area contributed by atoms with Crippen LogP contribution in [0.1, 0.15) is 15.2 Å². The van der Waals surface area contributed by atoms with E-state index in [2.05, 4.69) is 37.2 Å². The molecule has 0 unspecified atom stereocenters. The fraction of sp³-hybridized carbons (Fsp3) is 0.0833. The van der Waals surface area contributed by atoms with Crippen molar-refractivity contribution in [2.45, 2.75) is 6.92 Å². The van der Waals surface area contributed by atoms with Gasteiger partial charge in [0.05, 0.1) is 19.4 Å². The minimum absolute atomic E-state index is 0.168. The maximum atomic E-state index is 12.0. The number of hydrogen-bond acceptors (Lipinski definition) is 2. The van der Waals surface area contributed by atoms with Crippen molar-refractivity contribution in [2.24, 2.45) is 0 Å². The lowest BCUT2D eigenvalue weighted by atomic mass is 10.2. The second-order valence-corrected chi connectivity index (χ2v) is 7.30. The first-order valence-corrected chi connectivity index (χ1v) is 7.78. The van der Waals surface area contributed by atoms with Gasteiger partial charge in [-0.25, -0.2) is 0 Å². The third-order valence-corrected chi connectivity index (χ3v) is 5.82. The third kappa shape index (κ3) is 3.15. The molecule has 18 heavy (non-hydrogen) atoms. The van der Waals surface area contributed by atoms with Crippen molar-refractivity contribution >= 4 is 66.4 Å². The van der Waals surface area contributed by atoms with Crippen LogP contribution in [0.4, 0.5) is 5.69 Å². The van der Waals surface area contributed by atoms with E-state index in [0.29, 0.717) is 15.6 Å². The fourth-order valence-corrected chi connectivity index (χ4v) is 3.47. The molecule has 0 fully saturated rings. The molecule has 0 aliphatic carbocycles. The maximum Gasteiger partial charge on any atom is 0.265 e. The molecule has 0 radical (unpaired) electrons. The Kier molecular flexibility index (Phi) is 4.48. The first-order valence-electron chi connectivity index (χ1n) is 4.99. The van der Waals surface area contributed by atoms with Crippen LogP contribution in [0.2, 0.25) is 5.02 Å². The normalized spacial score (nSPS) is 10.4. The second kappa shape index (κ2) is 5.74. The molecule has 0 spiro atoms. The van der Waals surface area contributed by atoms with Crippen LogP contribution in [-0.4, -0.2) is 5.91 Å². The molecule has 1 aromatic heterocycles. The van der Waals surface area contributed by atoms with Gasteiger partial charge in [0, 0.05) is 4.47 Å². The zero-order valence-corrected chi connectivity index (χ0v) is 14.0. The Morgan fingerprint density at radius 2 is 2.06 bits per heavy atom. The lowest BCUT2D eigenvalue weighted by molar-refractivity contribution is 0.103. The molecule has 1 heterocycles. The van der Waals surface area contributed by atoms with Gasteiger partial charge in [-0.15, -0.1) is 11.3 Å². The third-order valence-electron chi connectivity index (χ3n) is 2.24. The Bertz CT molecular complexity index is 593. The van der Waals surface area contributed by atoms with Crippen LogP contribution in [0.5, 0.6) is 0 Å². The van der Waals surface area contributed by atoms with E-state index >= 15 is 0 Å². The number of benzene rings is 1. The van der Waals surface area contributed by atoms with Gasteiger partial charge in [-0.3, -0.25) is 4.79 Å². The highest BCUT2D eigenvalue weighted by Gasteiger charge is 2.13. The first-order chi connectivity index (χ1) is 8.47. The van der Waals surface area contributed by atoms with Gasteiger partial charge in [0.1, 0.15) is 0 Å². The molecule has 0 atom stereocenters. The minimum Gasteiger partial charge on any atom is -0.320 e. The molecule has 2 nitrogen and oxygen atoms in total. The molecule has 94 valence electrons. The van der Waals surface area contributed by atoms with Crippen LogP contribution >= 0.6 is 54.8 Å². The smallest absolute Gasteiger partial charge is 0.265 e. The zero-order chi connectivity index (χ0) is 13.3. The summed E-state index contributed by atoms with van der Waals surface area (Å²) in [5, 5.41) is 3.34. The highest BCUT2D eigenvalue weighted by molar-refractivity contribution is 9.13. The predicted molar refractivity (Wildman–Crippen MR) is 83.9 cm³/mol. The van der Waals surface area contributed by atoms with Gasteiger partial charge in [0.15, 0.2) is 0 Å². The summed E-state index contributed by atoms with van der Waals surface area (Å²) >= 11 is 14.1. The van der Waals surface area contributed by atoms with Crippen molar-refractivity contribution in [3.05, 3.63) is 48.0 Å². The summed E-state index contributed by atoms with van der Waals surface area (Å²) in [6, 6.07) is 7.29. The monoisotopic (exact) mass is 407 g/mol. The predicted octanol–water partition coefficient (Wildman–Crippen LogP) is 5.49. The first kappa shape index (κ1) is 14.1. The molecule has 6 heteroatoms. The van der Waals surface area contributed by atoms with E-state index in [4.69, 9.17) is 11.6 Å². The minimum atomic E-state index is -0.168. The number of nitrogens with one attached hydrogen (secondary N) is 1. The van der Waals surface area contributed by atoms with Crippen LogP contribution in [0.15, 0.2) is 32.5 Å². The van der Waals surface area contributed by atoms with Gasteiger partial charge in [-0.1, -0.05) is 17.7 Å². The van der Waals surface area contributed by atoms with Crippen LogP contribution in [-0.2, 0) is 0 Å². The van der Waals surface area contributed by atoms with E-state index < -0.39 is 0 Å². The Morgan fingerprint density at radius 3 is 2.67 bits per heavy atom. The second-order valence-electron chi connectivity index (χ2n) is 3.67. The number of thiophene rings is 1. The van der Waals surface area contributed by atoms with Crippen molar-refractivity contribution in [3.63, 3.8) is 0 Å². The highest BCUT2D eigenvalue weighted by Crippen LogP contribution is 2.33. The topological polar surface area (TPSA) is 29.1 Å². The van der Waals surface area contributed by atoms with Crippen molar-refractivity contribution in [2.75, 3.05) is 5.32 Å². The van der Waals surface area contributed by atoms with E-state index in [1.165, 1.54) is 11.3 Å². The highest BCUT2D eigenvalue weighted by atomic mass is 79.9. The average molecular weight is 410 g/mol. The average Bonchev–Trinajstić information content (AvgIpc) is 2.64. The molecular weight excluding hydrogens is 401 g/mol. The van der Waals surface area contributed by atoms with Crippen LogP contribution in [0.25, 0.3) is 0 Å². The molecule has 1 N–H and O–H groups in total. The van der Waals surface area contributed by atoms with Crippen LogP contribution in [0.3, 0.4) is 0 Å². The molecule has 0 saturated heterocycles. The Labute approximate surface area is 131 Å². The zero-order valence-electron chi connectivity index (χ0n) is 9.26. The lowest BCUT2D eigenvalue weighted by Crippen LogP contribution is -2.10. The van der Waals surface area contributed by atoms with Gasteiger partial charge in [-0.05, 0) is 62.5 Å². The Morgan fingerprint density at radius 1 is 1.33 bits per heavy atom. The van der Waals surface area contributed by atoms with Gasteiger partial charge < -0.3 is 5.32 Å². The quantitative estimate of drug-likeness (QED) is 0.698. The number of halogens is 3. The van der Waals surface area contributed by atoms with E-state index in [1.807, 2.05) is 19.1 Å². The van der Waals surface area contributed by atoms with Crippen molar-refractivity contribution in [1.29, 1.82) is 0 Å². The number of carbonyl (C=O) groups is 1. The van der Waals surface area contributed by atoms with E-state index in [-0.39, 0.29) is 5.91 Å². The molecule has 2 aromatic rings. The summed E-state index contributed by atoms with van der Waals surface area (Å²) in [6.45, 7) is 1.95. The molecule has 0 bridgehead atoms. The molecule has 0 saturated carbocycles. The summed E-state index contributed by atoms with van der Waals surface area (Å²) in [5.74, 6) is -0.168. The van der Waals surface area contributed by atoms with Crippen molar-refractivity contribution in [1.82, 2.24) is 0 Å². The van der Waals surface area contributed by atoms with E-state index in [9.17, 15) is 4.79 Å². The standard InChI is InChI=1S/C12H8Br2ClNOS/c1-6-2-3-8(15)9(4-6)16-12(17)10-5-7(13)11(14)18-10/h2-5H,1H3,(H,16,17). The van der Waals surface area contributed by atoms with Gasteiger partial charge in [0.2, 0.25) is 0 Å². The van der Waals surface area contributed by atoms with Crippen molar-refractivity contribution in [3.8, 4) is 0 Å². The number of rotatable bonds is 2. The lowest BCUT2D eigenvalue weighted by Gasteiger charge is -2.06.